The summed E-state index contributed by atoms with van der Waals surface area (Å²) in [4.78, 5) is 30.1. The number of nitrogens with one attached hydrogen (secondary N) is 1. The fourth-order valence-corrected chi connectivity index (χ4v) is 2.72. The third-order valence-electron chi connectivity index (χ3n) is 4.20. The molecule has 1 atom stereocenters. The van der Waals surface area contributed by atoms with Crippen molar-refractivity contribution in [1.82, 2.24) is 14.5 Å². The molecular weight excluding hydrogens is 348 g/mol. The van der Waals surface area contributed by atoms with Crippen LogP contribution in [-0.4, -0.2) is 25.4 Å². The molecule has 27 heavy (non-hydrogen) atoms. The van der Waals surface area contributed by atoms with Gasteiger partial charge >= 0.3 is 0 Å². The Labute approximate surface area is 155 Å². The minimum Gasteiger partial charge on any atom is -0.365 e. The minimum atomic E-state index is -0.785. The topological polar surface area (TPSA) is 129 Å². The molecule has 0 saturated carbocycles. The van der Waals surface area contributed by atoms with E-state index in [1.807, 2.05) is 48.9 Å². The van der Waals surface area contributed by atoms with Crippen molar-refractivity contribution >= 4 is 17.4 Å². The number of imidazole rings is 1. The summed E-state index contributed by atoms with van der Waals surface area (Å²) < 4.78 is 1.96. The molecule has 9 nitrogen and oxygen atoms in total. The van der Waals surface area contributed by atoms with Crippen molar-refractivity contribution in [3.63, 3.8) is 0 Å². The number of carbonyl (C=O) groups is 1. The van der Waals surface area contributed by atoms with Gasteiger partial charge in [0.15, 0.2) is 0 Å². The van der Waals surface area contributed by atoms with E-state index in [2.05, 4.69) is 15.3 Å². The lowest BCUT2D eigenvalue weighted by atomic mass is 10.1. The van der Waals surface area contributed by atoms with Crippen molar-refractivity contribution in [2.24, 2.45) is 5.73 Å². The molecule has 3 rings (SSSR count). The third kappa shape index (κ3) is 3.76. The van der Waals surface area contributed by atoms with Crippen LogP contribution in [-0.2, 0) is 0 Å². The first-order valence-corrected chi connectivity index (χ1v) is 8.18. The Morgan fingerprint density at radius 1 is 1.30 bits per heavy atom. The summed E-state index contributed by atoms with van der Waals surface area (Å²) in [6.45, 7) is 3.81. The van der Waals surface area contributed by atoms with E-state index in [-0.39, 0.29) is 23.1 Å². The summed E-state index contributed by atoms with van der Waals surface area (Å²) >= 11 is 0. The molecule has 0 saturated heterocycles. The van der Waals surface area contributed by atoms with E-state index in [1.165, 1.54) is 0 Å². The number of rotatable bonds is 6. The van der Waals surface area contributed by atoms with E-state index >= 15 is 0 Å². The van der Waals surface area contributed by atoms with Gasteiger partial charge in [-0.15, -0.1) is 0 Å². The Bertz CT molecular complexity index is 997. The van der Waals surface area contributed by atoms with Gasteiger partial charge in [-0.1, -0.05) is 12.1 Å². The van der Waals surface area contributed by atoms with Crippen LogP contribution in [0.15, 0.2) is 48.9 Å². The van der Waals surface area contributed by atoms with Gasteiger partial charge in [0, 0.05) is 30.2 Å². The normalized spacial score (nSPS) is 11.8. The molecule has 0 radical (unpaired) electrons. The zero-order valence-electron chi connectivity index (χ0n) is 14.8. The molecule has 3 aromatic rings. The van der Waals surface area contributed by atoms with Crippen molar-refractivity contribution in [3.05, 3.63) is 76.0 Å². The van der Waals surface area contributed by atoms with Gasteiger partial charge in [0.25, 0.3) is 11.6 Å². The largest absolute Gasteiger partial charge is 0.365 e. The SMILES string of the molecule is Cc1nccn1-c1ccc([C@@H](C)Nc2ncc([N+](=O)[O-])cc2C(N)=O)cc1. The summed E-state index contributed by atoms with van der Waals surface area (Å²) in [5.74, 6) is 0.303. The molecule has 0 unspecified atom stereocenters. The van der Waals surface area contributed by atoms with Gasteiger partial charge in [0.05, 0.1) is 10.5 Å². The number of pyridine rings is 1. The van der Waals surface area contributed by atoms with Crippen LogP contribution in [0.4, 0.5) is 11.5 Å². The number of primary amides is 1. The average Bonchev–Trinajstić information content (AvgIpc) is 3.07. The minimum absolute atomic E-state index is 0.0262. The highest BCUT2D eigenvalue weighted by Gasteiger charge is 2.18. The van der Waals surface area contributed by atoms with Crippen LogP contribution in [0.3, 0.4) is 0 Å². The Hall–Kier alpha value is -3.75. The predicted molar refractivity (Wildman–Crippen MR) is 99.7 cm³/mol. The van der Waals surface area contributed by atoms with E-state index in [0.29, 0.717) is 0 Å². The van der Waals surface area contributed by atoms with Crippen molar-refractivity contribution in [3.8, 4) is 5.69 Å². The first-order chi connectivity index (χ1) is 12.9. The first-order valence-electron chi connectivity index (χ1n) is 8.18. The van der Waals surface area contributed by atoms with Crippen LogP contribution in [0, 0.1) is 17.0 Å². The molecule has 0 bridgehead atoms. The van der Waals surface area contributed by atoms with Gasteiger partial charge in [-0.25, -0.2) is 9.97 Å². The second kappa shape index (κ2) is 7.24. The van der Waals surface area contributed by atoms with Crippen LogP contribution in [0.2, 0.25) is 0 Å². The number of nitro groups is 1. The number of hydrogen-bond donors (Lipinski definition) is 2. The molecule has 3 N–H and O–H groups in total. The third-order valence-corrected chi connectivity index (χ3v) is 4.20. The van der Waals surface area contributed by atoms with Gasteiger partial charge in [0.2, 0.25) is 0 Å². The number of hydrogen-bond acceptors (Lipinski definition) is 6. The first kappa shape index (κ1) is 18.1. The molecule has 0 fully saturated rings. The van der Waals surface area contributed by atoms with Crippen molar-refractivity contribution in [1.29, 1.82) is 0 Å². The maximum atomic E-state index is 11.6. The van der Waals surface area contributed by atoms with E-state index in [9.17, 15) is 14.9 Å². The maximum Gasteiger partial charge on any atom is 0.288 e. The fourth-order valence-electron chi connectivity index (χ4n) is 2.72. The van der Waals surface area contributed by atoms with Crippen LogP contribution < -0.4 is 11.1 Å². The number of nitrogens with two attached hydrogens (primary N) is 1. The average molecular weight is 366 g/mol. The molecule has 138 valence electrons. The number of aromatic nitrogens is 3. The monoisotopic (exact) mass is 366 g/mol. The lowest BCUT2D eigenvalue weighted by Crippen LogP contribution is -2.17. The Morgan fingerprint density at radius 3 is 2.56 bits per heavy atom. The van der Waals surface area contributed by atoms with Crippen LogP contribution >= 0.6 is 0 Å². The number of amides is 1. The Kier molecular flexibility index (Phi) is 4.84. The van der Waals surface area contributed by atoms with Gasteiger partial charge in [-0.2, -0.15) is 0 Å². The van der Waals surface area contributed by atoms with Crippen molar-refractivity contribution < 1.29 is 9.72 Å². The smallest absolute Gasteiger partial charge is 0.288 e. The van der Waals surface area contributed by atoms with E-state index in [1.54, 1.807) is 6.20 Å². The Balaban J connectivity index is 1.83. The lowest BCUT2D eigenvalue weighted by molar-refractivity contribution is -0.385. The summed E-state index contributed by atoms with van der Waals surface area (Å²) in [7, 11) is 0. The highest BCUT2D eigenvalue weighted by Crippen LogP contribution is 2.24. The summed E-state index contributed by atoms with van der Waals surface area (Å²) in [5.41, 5.74) is 6.95. The van der Waals surface area contributed by atoms with Crippen LogP contribution in [0.25, 0.3) is 5.69 Å². The summed E-state index contributed by atoms with van der Waals surface area (Å²) in [5, 5.41) is 14.0. The molecule has 2 aromatic heterocycles. The van der Waals surface area contributed by atoms with E-state index < -0.39 is 10.8 Å². The molecule has 0 aliphatic rings. The highest BCUT2D eigenvalue weighted by molar-refractivity contribution is 5.98. The second-order valence-electron chi connectivity index (χ2n) is 6.01. The van der Waals surface area contributed by atoms with E-state index in [0.717, 1.165) is 29.3 Å². The van der Waals surface area contributed by atoms with Crippen LogP contribution in [0.5, 0.6) is 0 Å². The fraction of sp³-hybridized carbons (Fsp3) is 0.167. The molecule has 0 aliphatic carbocycles. The number of anilines is 1. The van der Waals surface area contributed by atoms with E-state index in [4.69, 9.17) is 5.73 Å². The molecule has 1 aromatic carbocycles. The number of aryl methyl sites for hydroxylation is 1. The predicted octanol–water partition coefficient (Wildman–Crippen LogP) is 2.76. The molecule has 0 spiro atoms. The number of carbonyl (C=O) groups excluding carboxylic acids is 1. The Morgan fingerprint density at radius 2 is 2.00 bits per heavy atom. The van der Waals surface area contributed by atoms with Gasteiger partial charge in [0.1, 0.15) is 17.8 Å². The van der Waals surface area contributed by atoms with Crippen LogP contribution in [0.1, 0.15) is 34.7 Å². The molecule has 0 aliphatic heterocycles. The summed E-state index contributed by atoms with van der Waals surface area (Å²) in [6, 6.07) is 8.73. The van der Waals surface area contributed by atoms with Gasteiger partial charge in [-0.3, -0.25) is 14.9 Å². The van der Waals surface area contributed by atoms with Crippen molar-refractivity contribution in [2.75, 3.05) is 5.32 Å². The quantitative estimate of drug-likeness (QED) is 0.510. The van der Waals surface area contributed by atoms with Gasteiger partial charge in [-0.05, 0) is 31.5 Å². The maximum absolute atomic E-state index is 11.6. The lowest BCUT2D eigenvalue weighted by Gasteiger charge is -2.17. The summed E-state index contributed by atoms with van der Waals surface area (Å²) in [6.07, 6.45) is 4.71. The zero-order valence-corrected chi connectivity index (χ0v) is 14.8. The highest BCUT2D eigenvalue weighted by atomic mass is 16.6. The number of benzene rings is 1. The van der Waals surface area contributed by atoms with Crippen molar-refractivity contribution in [2.45, 2.75) is 19.9 Å². The molecule has 9 heteroatoms. The molecular formula is C18H18N6O3. The molecule has 1 amide bonds. The zero-order chi connectivity index (χ0) is 19.6. The standard InChI is InChI=1S/C18H18N6O3/c1-11(13-3-5-14(6-4-13)23-8-7-20-12(23)2)22-18-16(17(19)25)9-15(10-21-18)24(26)27/h3-11H,1-2H3,(H2,19,25)(H,21,22)/t11-/m1/s1. The second-order valence-corrected chi connectivity index (χ2v) is 6.01. The number of nitrogens with zero attached hydrogens (tertiary/aromatic N) is 4. The molecule has 2 heterocycles. The van der Waals surface area contributed by atoms with Gasteiger partial charge < -0.3 is 15.6 Å².